The molecule has 0 aliphatic carbocycles. The van der Waals surface area contributed by atoms with Crippen molar-refractivity contribution in [3.05, 3.63) is 18.0 Å². The first kappa shape index (κ1) is 18.2. The summed E-state index contributed by atoms with van der Waals surface area (Å²) in [6.07, 6.45) is 6.70. The van der Waals surface area contributed by atoms with Gasteiger partial charge in [-0.25, -0.2) is 0 Å². The Morgan fingerprint density at radius 3 is 2.05 bits per heavy atom. The molecule has 1 aromatic rings. The Hall–Kier alpha value is -0.830. The molecule has 3 heteroatoms. The molecule has 0 amide bonds. The Labute approximate surface area is 120 Å². The third kappa shape index (κ3) is 5.77. The minimum atomic E-state index is 0.588. The van der Waals surface area contributed by atoms with E-state index in [-0.39, 0.29) is 0 Å². The van der Waals surface area contributed by atoms with Gasteiger partial charge in [0.05, 0.1) is 12.2 Å². The first-order valence-corrected chi connectivity index (χ1v) is 7.89. The Kier molecular flexibility index (Phi) is 9.58. The van der Waals surface area contributed by atoms with E-state index in [1.807, 2.05) is 33.9 Å². The number of rotatable bonds is 2. The first-order valence-electron chi connectivity index (χ1n) is 7.89. The van der Waals surface area contributed by atoms with Crippen LogP contribution in [0.4, 0.5) is 0 Å². The van der Waals surface area contributed by atoms with E-state index in [0.29, 0.717) is 12.0 Å². The van der Waals surface area contributed by atoms with Crippen molar-refractivity contribution in [3.8, 4) is 0 Å². The molecule has 0 bridgehead atoms. The summed E-state index contributed by atoms with van der Waals surface area (Å²) in [4.78, 5) is 2.39. The van der Waals surface area contributed by atoms with Crippen molar-refractivity contribution < 1.29 is 0 Å². The summed E-state index contributed by atoms with van der Waals surface area (Å²) in [5.41, 5.74) is 1.36. The van der Waals surface area contributed by atoms with Crippen molar-refractivity contribution >= 4 is 0 Å². The minimum Gasteiger partial charge on any atom is -0.306 e. The van der Waals surface area contributed by atoms with E-state index in [4.69, 9.17) is 0 Å². The average molecular weight is 267 g/mol. The van der Waals surface area contributed by atoms with E-state index in [1.165, 1.54) is 31.5 Å². The normalized spacial score (nSPS) is 16.4. The second-order valence-corrected chi connectivity index (χ2v) is 4.94. The molecule has 3 nitrogen and oxygen atoms in total. The van der Waals surface area contributed by atoms with Gasteiger partial charge in [0.2, 0.25) is 0 Å². The number of nitrogens with zero attached hydrogens (tertiary/aromatic N) is 3. The number of aromatic nitrogens is 2. The SMILES string of the molecule is CC.CC.CC(C)c1cnn(C2CCN(C)CC2)c1. The summed E-state index contributed by atoms with van der Waals surface area (Å²) in [6, 6.07) is 0.619. The van der Waals surface area contributed by atoms with Gasteiger partial charge in [0, 0.05) is 6.20 Å². The van der Waals surface area contributed by atoms with Crippen LogP contribution in [-0.2, 0) is 0 Å². The molecule has 0 atom stereocenters. The lowest BCUT2D eigenvalue weighted by atomic mass is 10.1. The predicted octanol–water partition coefficient (Wildman–Crippen LogP) is 4.33. The molecule has 1 saturated heterocycles. The zero-order valence-electron chi connectivity index (χ0n) is 14.0. The number of likely N-dealkylation sites (tertiary alicyclic amines) is 1. The average Bonchev–Trinajstić information content (AvgIpc) is 2.94. The maximum atomic E-state index is 4.48. The van der Waals surface area contributed by atoms with Crippen molar-refractivity contribution in [2.75, 3.05) is 20.1 Å². The van der Waals surface area contributed by atoms with Gasteiger partial charge in [-0.1, -0.05) is 41.5 Å². The molecule has 1 aliphatic heterocycles. The van der Waals surface area contributed by atoms with Crippen LogP contribution in [0.3, 0.4) is 0 Å². The van der Waals surface area contributed by atoms with Crippen LogP contribution in [0.1, 0.15) is 71.9 Å². The van der Waals surface area contributed by atoms with Gasteiger partial charge in [0.25, 0.3) is 0 Å². The van der Waals surface area contributed by atoms with Crippen LogP contribution >= 0.6 is 0 Å². The molecular formula is C16H33N3. The van der Waals surface area contributed by atoms with Crippen molar-refractivity contribution in [1.82, 2.24) is 14.7 Å². The fraction of sp³-hybridized carbons (Fsp3) is 0.812. The Balaban J connectivity index is 0.000000741. The number of piperidine rings is 1. The Morgan fingerprint density at radius 1 is 1.11 bits per heavy atom. The van der Waals surface area contributed by atoms with Gasteiger partial charge in [-0.3, -0.25) is 4.68 Å². The Bertz CT molecular complexity index is 310. The van der Waals surface area contributed by atoms with Crippen molar-refractivity contribution in [3.63, 3.8) is 0 Å². The lowest BCUT2D eigenvalue weighted by Crippen LogP contribution is -2.31. The number of hydrogen-bond donors (Lipinski definition) is 0. The van der Waals surface area contributed by atoms with Gasteiger partial charge in [0.1, 0.15) is 0 Å². The van der Waals surface area contributed by atoms with Crippen LogP contribution in [0.15, 0.2) is 12.4 Å². The van der Waals surface area contributed by atoms with Gasteiger partial charge < -0.3 is 4.90 Å². The van der Waals surface area contributed by atoms with E-state index >= 15 is 0 Å². The van der Waals surface area contributed by atoms with Crippen molar-refractivity contribution in [2.45, 2.75) is 66.3 Å². The fourth-order valence-electron chi connectivity index (χ4n) is 2.11. The quantitative estimate of drug-likeness (QED) is 0.795. The highest BCUT2D eigenvalue weighted by molar-refractivity contribution is 5.09. The second-order valence-electron chi connectivity index (χ2n) is 4.94. The smallest absolute Gasteiger partial charge is 0.0543 e. The third-order valence-electron chi connectivity index (χ3n) is 3.35. The molecule has 112 valence electrons. The topological polar surface area (TPSA) is 21.1 Å². The molecule has 0 unspecified atom stereocenters. The highest BCUT2D eigenvalue weighted by Crippen LogP contribution is 2.22. The summed E-state index contributed by atoms with van der Waals surface area (Å²) in [7, 11) is 2.19. The highest BCUT2D eigenvalue weighted by atomic mass is 15.3. The standard InChI is InChI=1S/C12H21N3.2C2H6/c1-10(2)11-8-13-15(9-11)12-4-6-14(3)7-5-12;2*1-2/h8-10,12H,4-7H2,1-3H3;2*1-2H3. The first-order chi connectivity index (χ1) is 9.16. The minimum absolute atomic E-state index is 0.588. The van der Waals surface area contributed by atoms with Crippen LogP contribution in [0, 0.1) is 0 Å². The maximum absolute atomic E-state index is 4.48. The zero-order valence-corrected chi connectivity index (χ0v) is 14.0. The molecule has 0 saturated carbocycles. The van der Waals surface area contributed by atoms with E-state index < -0.39 is 0 Å². The van der Waals surface area contributed by atoms with Gasteiger partial charge in [-0.05, 0) is 44.5 Å². The van der Waals surface area contributed by atoms with Crippen LogP contribution in [0.25, 0.3) is 0 Å². The molecule has 1 aliphatic rings. The molecule has 2 heterocycles. The predicted molar refractivity (Wildman–Crippen MR) is 84.8 cm³/mol. The molecular weight excluding hydrogens is 234 g/mol. The summed E-state index contributed by atoms with van der Waals surface area (Å²) < 4.78 is 2.17. The largest absolute Gasteiger partial charge is 0.306 e. The zero-order chi connectivity index (χ0) is 14.8. The molecule has 1 fully saturated rings. The van der Waals surface area contributed by atoms with Crippen LogP contribution in [0.5, 0.6) is 0 Å². The molecule has 19 heavy (non-hydrogen) atoms. The third-order valence-corrected chi connectivity index (χ3v) is 3.35. The second kappa shape index (κ2) is 10.0. The van der Waals surface area contributed by atoms with Crippen LogP contribution in [0.2, 0.25) is 0 Å². The molecule has 0 N–H and O–H groups in total. The fourth-order valence-corrected chi connectivity index (χ4v) is 2.11. The summed E-state index contributed by atoms with van der Waals surface area (Å²) in [6.45, 7) is 14.8. The van der Waals surface area contributed by atoms with E-state index in [9.17, 15) is 0 Å². The molecule has 1 aromatic heterocycles. The van der Waals surface area contributed by atoms with Gasteiger partial charge in [0.15, 0.2) is 0 Å². The molecule has 2 rings (SSSR count). The highest BCUT2D eigenvalue weighted by Gasteiger charge is 2.19. The monoisotopic (exact) mass is 267 g/mol. The number of hydrogen-bond acceptors (Lipinski definition) is 2. The summed E-state index contributed by atoms with van der Waals surface area (Å²) in [5, 5.41) is 4.48. The van der Waals surface area contributed by atoms with Gasteiger partial charge >= 0.3 is 0 Å². The van der Waals surface area contributed by atoms with Crippen LogP contribution in [-0.4, -0.2) is 34.8 Å². The van der Waals surface area contributed by atoms with E-state index in [0.717, 1.165) is 0 Å². The van der Waals surface area contributed by atoms with Gasteiger partial charge in [-0.15, -0.1) is 0 Å². The van der Waals surface area contributed by atoms with Crippen LogP contribution < -0.4 is 0 Å². The Morgan fingerprint density at radius 2 is 1.63 bits per heavy atom. The lowest BCUT2D eigenvalue weighted by Gasteiger charge is -2.29. The molecule has 0 spiro atoms. The van der Waals surface area contributed by atoms with E-state index in [1.54, 1.807) is 0 Å². The summed E-state index contributed by atoms with van der Waals surface area (Å²) >= 11 is 0. The van der Waals surface area contributed by atoms with E-state index in [2.05, 4.69) is 41.8 Å². The van der Waals surface area contributed by atoms with Crippen molar-refractivity contribution in [2.24, 2.45) is 0 Å². The van der Waals surface area contributed by atoms with Gasteiger partial charge in [-0.2, -0.15) is 5.10 Å². The van der Waals surface area contributed by atoms with Crippen molar-refractivity contribution in [1.29, 1.82) is 0 Å². The molecule has 0 aromatic carbocycles. The molecule has 0 radical (unpaired) electrons. The maximum Gasteiger partial charge on any atom is 0.0543 e. The lowest BCUT2D eigenvalue weighted by molar-refractivity contribution is 0.212. The summed E-state index contributed by atoms with van der Waals surface area (Å²) in [5.74, 6) is 0.588.